The van der Waals surface area contributed by atoms with Gasteiger partial charge in [-0.2, -0.15) is 5.10 Å². The number of aryl methyl sites for hydroxylation is 1. The summed E-state index contributed by atoms with van der Waals surface area (Å²) in [5.74, 6) is 0.0289. The summed E-state index contributed by atoms with van der Waals surface area (Å²) in [5, 5.41) is 4.51. The summed E-state index contributed by atoms with van der Waals surface area (Å²) in [7, 11) is 0. The van der Waals surface area contributed by atoms with Gasteiger partial charge in [0.25, 0.3) is 0 Å². The van der Waals surface area contributed by atoms with Crippen LogP contribution in [-0.2, 0) is 17.8 Å². The number of rotatable bonds is 2. The molecule has 0 unspecified atom stereocenters. The SMILES string of the molecule is Cc1cc2ncc3c(n2n1)CCN(C(=O)C=Cc1ccccc1)C3. The molecule has 1 aliphatic heterocycles. The lowest BCUT2D eigenvalue weighted by atomic mass is 10.1. The molecule has 3 aromatic rings. The van der Waals surface area contributed by atoms with Gasteiger partial charge in [0.15, 0.2) is 5.65 Å². The summed E-state index contributed by atoms with van der Waals surface area (Å²) in [6, 6.07) is 11.8. The van der Waals surface area contributed by atoms with E-state index in [4.69, 9.17) is 0 Å². The second-order valence-electron chi connectivity index (χ2n) is 6.04. The van der Waals surface area contributed by atoms with Crippen LogP contribution < -0.4 is 0 Å². The van der Waals surface area contributed by atoms with Crippen LogP contribution in [-0.4, -0.2) is 31.9 Å². The Morgan fingerprint density at radius 1 is 1.25 bits per heavy atom. The van der Waals surface area contributed by atoms with Crippen LogP contribution >= 0.6 is 0 Å². The highest BCUT2D eigenvalue weighted by Gasteiger charge is 2.22. The Balaban J connectivity index is 1.54. The van der Waals surface area contributed by atoms with Crippen LogP contribution in [0.2, 0.25) is 0 Å². The number of fused-ring (bicyclic) bond motifs is 3. The van der Waals surface area contributed by atoms with Crippen molar-refractivity contribution in [3.63, 3.8) is 0 Å². The lowest BCUT2D eigenvalue weighted by Crippen LogP contribution is -2.36. The van der Waals surface area contributed by atoms with E-state index in [9.17, 15) is 4.79 Å². The summed E-state index contributed by atoms with van der Waals surface area (Å²) in [6.07, 6.45) is 6.16. The van der Waals surface area contributed by atoms with Gasteiger partial charge in [-0.1, -0.05) is 30.3 Å². The van der Waals surface area contributed by atoms with Gasteiger partial charge in [-0.05, 0) is 18.6 Å². The van der Waals surface area contributed by atoms with Crippen LogP contribution in [0.15, 0.2) is 48.7 Å². The number of benzene rings is 1. The molecule has 2 aromatic heterocycles. The van der Waals surface area contributed by atoms with E-state index >= 15 is 0 Å². The third kappa shape index (κ3) is 2.69. The minimum absolute atomic E-state index is 0.0289. The fraction of sp³-hybridized carbons (Fsp3) is 0.211. The van der Waals surface area contributed by atoms with Gasteiger partial charge in [0, 0.05) is 43.4 Å². The van der Waals surface area contributed by atoms with Crippen molar-refractivity contribution < 1.29 is 4.79 Å². The largest absolute Gasteiger partial charge is 0.334 e. The maximum atomic E-state index is 12.4. The minimum Gasteiger partial charge on any atom is -0.334 e. The highest BCUT2D eigenvalue weighted by Crippen LogP contribution is 2.20. The van der Waals surface area contributed by atoms with Crippen molar-refractivity contribution >= 4 is 17.6 Å². The Morgan fingerprint density at radius 3 is 2.92 bits per heavy atom. The third-order valence-electron chi connectivity index (χ3n) is 4.30. The molecule has 5 heteroatoms. The summed E-state index contributed by atoms with van der Waals surface area (Å²) in [6.45, 7) is 3.24. The topological polar surface area (TPSA) is 50.5 Å². The minimum atomic E-state index is 0.0289. The van der Waals surface area contributed by atoms with E-state index in [1.807, 2.05) is 65.0 Å². The Hall–Kier alpha value is -2.95. The molecule has 0 aliphatic carbocycles. The zero-order valence-electron chi connectivity index (χ0n) is 13.5. The van der Waals surface area contributed by atoms with Gasteiger partial charge in [0.1, 0.15) is 0 Å². The molecule has 0 saturated carbocycles. The highest BCUT2D eigenvalue weighted by molar-refractivity contribution is 5.91. The summed E-state index contributed by atoms with van der Waals surface area (Å²) < 4.78 is 1.91. The van der Waals surface area contributed by atoms with Crippen LogP contribution in [0.1, 0.15) is 22.5 Å². The average molecular weight is 318 g/mol. The molecular weight excluding hydrogens is 300 g/mol. The van der Waals surface area contributed by atoms with Gasteiger partial charge in [0.05, 0.1) is 11.4 Å². The van der Waals surface area contributed by atoms with E-state index in [2.05, 4.69) is 10.1 Å². The molecule has 24 heavy (non-hydrogen) atoms. The monoisotopic (exact) mass is 318 g/mol. The van der Waals surface area contributed by atoms with E-state index < -0.39 is 0 Å². The second-order valence-corrected chi connectivity index (χ2v) is 6.04. The zero-order valence-corrected chi connectivity index (χ0v) is 13.5. The van der Waals surface area contributed by atoms with E-state index in [1.165, 1.54) is 0 Å². The maximum Gasteiger partial charge on any atom is 0.246 e. The number of hydrogen-bond donors (Lipinski definition) is 0. The maximum absolute atomic E-state index is 12.4. The molecule has 0 atom stereocenters. The van der Waals surface area contributed by atoms with Crippen molar-refractivity contribution in [3.8, 4) is 0 Å². The van der Waals surface area contributed by atoms with Crippen LogP contribution in [0.5, 0.6) is 0 Å². The molecule has 3 heterocycles. The Kier molecular flexibility index (Phi) is 3.61. The van der Waals surface area contributed by atoms with Crippen molar-refractivity contribution in [2.45, 2.75) is 19.9 Å². The van der Waals surface area contributed by atoms with E-state index in [0.29, 0.717) is 13.1 Å². The van der Waals surface area contributed by atoms with Gasteiger partial charge in [-0.3, -0.25) is 4.79 Å². The van der Waals surface area contributed by atoms with Crippen LogP contribution in [0, 0.1) is 6.92 Å². The molecule has 0 spiro atoms. The summed E-state index contributed by atoms with van der Waals surface area (Å²) in [4.78, 5) is 18.7. The fourth-order valence-electron chi connectivity index (χ4n) is 3.08. The van der Waals surface area contributed by atoms with Crippen LogP contribution in [0.3, 0.4) is 0 Å². The Labute approximate surface area is 140 Å². The van der Waals surface area contributed by atoms with Crippen molar-refractivity contribution in [1.29, 1.82) is 0 Å². The molecule has 1 aromatic carbocycles. The molecule has 0 bridgehead atoms. The Bertz CT molecular complexity index is 927. The van der Waals surface area contributed by atoms with E-state index in [1.54, 1.807) is 6.08 Å². The molecule has 0 fully saturated rings. The second kappa shape index (κ2) is 5.92. The lowest BCUT2D eigenvalue weighted by molar-refractivity contribution is -0.126. The quantitative estimate of drug-likeness (QED) is 0.683. The first-order valence-corrected chi connectivity index (χ1v) is 8.06. The molecule has 0 saturated heterocycles. The third-order valence-corrected chi connectivity index (χ3v) is 4.30. The van der Waals surface area contributed by atoms with E-state index in [-0.39, 0.29) is 5.91 Å². The van der Waals surface area contributed by atoms with Crippen molar-refractivity contribution in [2.24, 2.45) is 0 Å². The van der Waals surface area contributed by atoms with E-state index in [0.717, 1.165) is 34.6 Å². The number of amides is 1. The van der Waals surface area contributed by atoms with Crippen molar-refractivity contribution in [3.05, 3.63) is 71.2 Å². The predicted molar refractivity (Wildman–Crippen MR) is 92.3 cm³/mol. The molecule has 1 amide bonds. The molecule has 0 radical (unpaired) electrons. The van der Waals surface area contributed by atoms with Crippen molar-refractivity contribution in [2.75, 3.05) is 6.54 Å². The molecule has 5 nitrogen and oxygen atoms in total. The average Bonchev–Trinajstić information content (AvgIpc) is 3.00. The number of aromatic nitrogens is 3. The first-order valence-electron chi connectivity index (χ1n) is 8.06. The summed E-state index contributed by atoms with van der Waals surface area (Å²) >= 11 is 0. The first kappa shape index (κ1) is 14.6. The predicted octanol–water partition coefficient (Wildman–Crippen LogP) is 2.64. The van der Waals surface area contributed by atoms with Crippen molar-refractivity contribution in [1.82, 2.24) is 19.5 Å². The standard InChI is InChI=1S/C19H18N4O/c1-14-11-18-20-12-16-13-22(10-9-17(16)23(18)21-14)19(24)8-7-15-5-3-2-4-6-15/h2-8,11-12H,9-10,13H2,1H3. The molecule has 1 aliphatic rings. The lowest BCUT2D eigenvalue weighted by Gasteiger charge is -2.27. The van der Waals surface area contributed by atoms with Crippen LogP contribution in [0.4, 0.5) is 0 Å². The fourth-order valence-corrected chi connectivity index (χ4v) is 3.08. The molecule has 0 N–H and O–H groups in total. The number of nitrogens with zero attached hydrogens (tertiary/aromatic N) is 4. The van der Waals surface area contributed by atoms with Gasteiger partial charge in [0.2, 0.25) is 5.91 Å². The number of hydrogen-bond acceptors (Lipinski definition) is 3. The normalized spacial score (nSPS) is 14.3. The number of carbonyl (C=O) groups excluding carboxylic acids is 1. The molecular formula is C19H18N4O. The Morgan fingerprint density at radius 2 is 2.08 bits per heavy atom. The van der Waals surface area contributed by atoms with Gasteiger partial charge in [-0.15, -0.1) is 0 Å². The molecule has 120 valence electrons. The molecule has 4 rings (SSSR count). The van der Waals surface area contributed by atoms with Crippen LogP contribution in [0.25, 0.3) is 11.7 Å². The van der Waals surface area contributed by atoms with Gasteiger partial charge in [-0.25, -0.2) is 9.50 Å². The smallest absolute Gasteiger partial charge is 0.246 e. The zero-order chi connectivity index (χ0) is 16.5. The summed E-state index contributed by atoms with van der Waals surface area (Å²) in [5.41, 5.74) is 5.08. The highest BCUT2D eigenvalue weighted by atomic mass is 16.2. The number of carbonyl (C=O) groups is 1. The first-order chi connectivity index (χ1) is 11.7. The van der Waals surface area contributed by atoms with Gasteiger partial charge >= 0.3 is 0 Å². The van der Waals surface area contributed by atoms with Gasteiger partial charge < -0.3 is 4.90 Å².